The van der Waals surface area contributed by atoms with E-state index in [2.05, 4.69) is 72.8 Å². The van der Waals surface area contributed by atoms with Gasteiger partial charge in [0.25, 0.3) is 0 Å². The highest BCUT2D eigenvalue weighted by Gasteiger charge is 2.16. The molecule has 0 fully saturated rings. The third-order valence-corrected chi connectivity index (χ3v) is 4.94. The Balaban J connectivity index is 1.88. The van der Waals surface area contributed by atoms with Crippen molar-refractivity contribution in [2.45, 2.75) is 12.8 Å². The van der Waals surface area contributed by atoms with Crippen molar-refractivity contribution in [2.75, 3.05) is 0 Å². The number of benzene rings is 4. The van der Waals surface area contributed by atoms with Gasteiger partial charge in [0.2, 0.25) is 0 Å². The van der Waals surface area contributed by atoms with Crippen LogP contribution in [0.5, 0.6) is 0 Å². The summed E-state index contributed by atoms with van der Waals surface area (Å²) in [5.74, 6) is 0. The zero-order chi connectivity index (χ0) is 14.5. The Labute approximate surface area is 130 Å². The topological polar surface area (TPSA) is 0 Å². The highest BCUT2D eigenvalue weighted by molar-refractivity contribution is 6.09. The lowest BCUT2D eigenvalue weighted by molar-refractivity contribution is 0.944. The highest BCUT2D eigenvalue weighted by Crippen LogP contribution is 2.37. The molecule has 22 heavy (non-hydrogen) atoms. The first-order valence-corrected chi connectivity index (χ1v) is 7.93. The SMILES string of the molecule is c1ccc2c(c1)CCc1cc3c(ccc4ccccc43)cc1-2. The van der Waals surface area contributed by atoms with Gasteiger partial charge in [-0.3, -0.25) is 0 Å². The van der Waals surface area contributed by atoms with E-state index in [9.17, 15) is 0 Å². The van der Waals surface area contributed by atoms with Gasteiger partial charge in [-0.25, -0.2) is 0 Å². The van der Waals surface area contributed by atoms with E-state index >= 15 is 0 Å². The lowest BCUT2D eigenvalue weighted by atomic mass is 9.83. The minimum atomic E-state index is 1.14. The zero-order valence-electron chi connectivity index (χ0n) is 12.3. The summed E-state index contributed by atoms with van der Waals surface area (Å²) in [4.78, 5) is 0. The van der Waals surface area contributed by atoms with Crippen LogP contribution < -0.4 is 0 Å². The first-order valence-electron chi connectivity index (χ1n) is 7.93. The first-order chi connectivity index (χ1) is 10.9. The van der Waals surface area contributed by atoms with Crippen LogP contribution in [0.25, 0.3) is 32.7 Å². The van der Waals surface area contributed by atoms with Gasteiger partial charge in [0.1, 0.15) is 0 Å². The summed E-state index contributed by atoms with van der Waals surface area (Å²) in [7, 11) is 0. The third-order valence-electron chi connectivity index (χ3n) is 4.94. The third kappa shape index (κ3) is 1.64. The molecule has 0 spiro atoms. The second kappa shape index (κ2) is 4.45. The fourth-order valence-corrected chi connectivity index (χ4v) is 3.83. The average molecular weight is 280 g/mol. The predicted octanol–water partition coefficient (Wildman–Crippen LogP) is 5.76. The normalized spacial score (nSPS) is 13.1. The number of hydrogen-bond acceptors (Lipinski definition) is 0. The van der Waals surface area contributed by atoms with Crippen molar-refractivity contribution in [3.8, 4) is 11.1 Å². The van der Waals surface area contributed by atoms with Crippen LogP contribution in [0, 0.1) is 0 Å². The van der Waals surface area contributed by atoms with Crippen LogP contribution in [0.4, 0.5) is 0 Å². The molecule has 5 rings (SSSR count). The molecule has 1 aliphatic rings. The van der Waals surface area contributed by atoms with Gasteiger partial charge < -0.3 is 0 Å². The Morgan fingerprint density at radius 2 is 1.27 bits per heavy atom. The Kier molecular flexibility index (Phi) is 2.42. The molecule has 0 nitrogen and oxygen atoms in total. The predicted molar refractivity (Wildman–Crippen MR) is 94.3 cm³/mol. The summed E-state index contributed by atoms with van der Waals surface area (Å²) in [6.45, 7) is 0. The van der Waals surface area contributed by atoms with Crippen molar-refractivity contribution in [1.82, 2.24) is 0 Å². The van der Waals surface area contributed by atoms with Gasteiger partial charge in [-0.15, -0.1) is 0 Å². The van der Waals surface area contributed by atoms with Crippen LogP contribution in [0.15, 0.2) is 72.8 Å². The van der Waals surface area contributed by atoms with Crippen molar-refractivity contribution in [3.63, 3.8) is 0 Å². The van der Waals surface area contributed by atoms with Gasteiger partial charge in [0, 0.05) is 0 Å². The molecule has 0 N–H and O–H groups in total. The molecule has 0 bridgehead atoms. The monoisotopic (exact) mass is 280 g/mol. The molecular weight excluding hydrogens is 264 g/mol. The smallest absolute Gasteiger partial charge is 0.0102 e. The lowest BCUT2D eigenvalue weighted by Crippen LogP contribution is -2.03. The van der Waals surface area contributed by atoms with E-state index in [1.165, 1.54) is 43.8 Å². The van der Waals surface area contributed by atoms with E-state index in [-0.39, 0.29) is 0 Å². The minimum Gasteiger partial charge on any atom is -0.0620 e. The van der Waals surface area contributed by atoms with Crippen LogP contribution in [0.3, 0.4) is 0 Å². The summed E-state index contributed by atoms with van der Waals surface area (Å²) in [6, 6.07) is 26.8. The molecule has 4 aromatic rings. The lowest BCUT2D eigenvalue weighted by Gasteiger charge is -2.21. The van der Waals surface area contributed by atoms with E-state index in [0.717, 1.165) is 12.8 Å². The highest BCUT2D eigenvalue weighted by atomic mass is 14.2. The fraction of sp³-hybridized carbons (Fsp3) is 0.0909. The minimum absolute atomic E-state index is 1.14. The number of rotatable bonds is 0. The van der Waals surface area contributed by atoms with Gasteiger partial charge in [0.05, 0.1) is 0 Å². The second-order valence-corrected chi connectivity index (χ2v) is 6.17. The van der Waals surface area contributed by atoms with E-state index in [1.807, 2.05) is 0 Å². The standard InChI is InChI=1S/C22H16/c1-3-7-19-15(5-1)9-11-17-14-22-18(13-21(17)19)12-10-16-6-2-4-8-20(16)22/h1-9,11,13-14H,10,12H2. The molecule has 0 amide bonds. The van der Waals surface area contributed by atoms with Gasteiger partial charge in [0.15, 0.2) is 0 Å². The molecule has 0 aliphatic heterocycles. The summed E-state index contributed by atoms with van der Waals surface area (Å²) in [6.07, 6.45) is 2.30. The van der Waals surface area contributed by atoms with Crippen molar-refractivity contribution >= 4 is 21.5 Å². The maximum atomic E-state index is 2.42. The summed E-state index contributed by atoms with van der Waals surface area (Å²) < 4.78 is 0. The summed E-state index contributed by atoms with van der Waals surface area (Å²) >= 11 is 0. The van der Waals surface area contributed by atoms with E-state index in [1.54, 1.807) is 0 Å². The largest absolute Gasteiger partial charge is 0.0620 e. The van der Waals surface area contributed by atoms with E-state index in [4.69, 9.17) is 0 Å². The fourth-order valence-electron chi connectivity index (χ4n) is 3.83. The van der Waals surface area contributed by atoms with Crippen LogP contribution in [-0.4, -0.2) is 0 Å². The molecule has 0 atom stereocenters. The maximum absolute atomic E-state index is 2.42. The zero-order valence-corrected chi connectivity index (χ0v) is 12.3. The molecule has 0 radical (unpaired) electrons. The van der Waals surface area contributed by atoms with Crippen LogP contribution in [0.2, 0.25) is 0 Å². The van der Waals surface area contributed by atoms with Crippen molar-refractivity contribution in [3.05, 3.63) is 83.9 Å². The van der Waals surface area contributed by atoms with E-state index < -0.39 is 0 Å². The van der Waals surface area contributed by atoms with Gasteiger partial charge >= 0.3 is 0 Å². The molecular formula is C22H16. The number of aryl methyl sites for hydroxylation is 2. The quantitative estimate of drug-likeness (QED) is 0.359. The Bertz CT molecular complexity index is 1020. The average Bonchev–Trinajstić information content (AvgIpc) is 2.60. The number of fused-ring (bicyclic) bond motifs is 6. The molecule has 0 saturated heterocycles. The molecule has 0 unspecified atom stereocenters. The number of hydrogen-bond donors (Lipinski definition) is 0. The Morgan fingerprint density at radius 3 is 2.27 bits per heavy atom. The van der Waals surface area contributed by atoms with Gasteiger partial charge in [-0.05, 0) is 68.8 Å². The van der Waals surface area contributed by atoms with Crippen LogP contribution in [0.1, 0.15) is 11.1 Å². The molecule has 4 aromatic carbocycles. The van der Waals surface area contributed by atoms with E-state index in [0.29, 0.717) is 0 Å². The van der Waals surface area contributed by atoms with Crippen molar-refractivity contribution < 1.29 is 0 Å². The molecule has 1 aliphatic carbocycles. The second-order valence-electron chi connectivity index (χ2n) is 6.17. The first kappa shape index (κ1) is 12.0. The Morgan fingerprint density at radius 1 is 0.500 bits per heavy atom. The summed E-state index contributed by atoms with van der Waals surface area (Å²) in [5, 5.41) is 5.42. The van der Waals surface area contributed by atoms with Crippen LogP contribution >= 0.6 is 0 Å². The van der Waals surface area contributed by atoms with Gasteiger partial charge in [-0.2, -0.15) is 0 Å². The van der Waals surface area contributed by atoms with Gasteiger partial charge in [-0.1, -0.05) is 60.7 Å². The van der Waals surface area contributed by atoms with Crippen molar-refractivity contribution in [2.24, 2.45) is 0 Å². The van der Waals surface area contributed by atoms with Crippen molar-refractivity contribution in [1.29, 1.82) is 0 Å². The molecule has 104 valence electrons. The maximum Gasteiger partial charge on any atom is -0.0102 e. The molecule has 0 aromatic heterocycles. The van der Waals surface area contributed by atoms with Crippen LogP contribution in [-0.2, 0) is 12.8 Å². The Hall–Kier alpha value is -2.60. The summed E-state index contributed by atoms with van der Waals surface area (Å²) in [5.41, 5.74) is 5.81. The molecule has 0 heteroatoms. The molecule has 0 saturated carbocycles. The molecule has 0 heterocycles.